The number of fused-ring (bicyclic) bond motifs is 1. The summed E-state index contributed by atoms with van der Waals surface area (Å²) < 4.78 is 10.8. The summed E-state index contributed by atoms with van der Waals surface area (Å²) in [4.78, 5) is 13.9. The highest BCUT2D eigenvalue weighted by Gasteiger charge is 2.21. The Balaban J connectivity index is 1.39. The molecule has 3 aromatic rings. The Morgan fingerprint density at radius 1 is 1.10 bits per heavy atom. The molecule has 150 valence electrons. The van der Waals surface area contributed by atoms with Crippen LogP contribution in [0.2, 0.25) is 0 Å². The van der Waals surface area contributed by atoms with Gasteiger partial charge in [-0.2, -0.15) is 0 Å². The molecule has 1 amide bonds. The van der Waals surface area contributed by atoms with E-state index in [2.05, 4.69) is 59.3 Å². The Morgan fingerprint density at radius 2 is 1.86 bits per heavy atom. The normalized spacial score (nSPS) is 14.4. The lowest BCUT2D eigenvalue weighted by Crippen LogP contribution is -2.87. The zero-order valence-electron chi connectivity index (χ0n) is 16.6. The summed E-state index contributed by atoms with van der Waals surface area (Å²) in [5.74, 6) is 1.48. The number of quaternary nitrogens is 1. The van der Waals surface area contributed by atoms with Crippen LogP contribution in [-0.2, 0) is 4.79 Å². The van der Waals surface area contributed by atoms with E-state index in [-0.39, 0.29) is 24.8 Å². The highest BCUT2D eigenvalue weighted by Crippen LogP contribution is 2.34. The highest BCUT2D eigenvalue weighted by atomic mass is 32.1. The third kappa shape index (κ3) is 4.60. The Bertz CT molecular complexity index is 970. The number of thiophene rings is 1. The fraction of sp³-hybridized carbons (Fsp3) is 0.261. The van der Waals surface area contributed by atoms with E-state index >= 15 is 0 Å². The van der Waals surface area contributed by atoms with E-state index < -0.39 is 0 Å². The summed E-state index contributed by atoms with van der Waals surface area (Å²) in [5.41, 5.74) is 3.43. The smallest absolute Gasteiger partial charge is 0.275 e. The number of benzene rings is 2. The number of aryl methyl sites for hydroxylation is 1. The molecule has 29 heavy (non-hydrogen) atoms. The summed E-state index contributed by atoms with van der Waals surface area (Å²) >= 11 is 1.72. The summed E-state index contributed by atoms with van der Waals surface area (Å²) in [6.07, 6.45) is 0. The molecule has 0 unspecified atom stereocenters. The summed E-state index contributed by atoms with van der Waals surface area (Å²) in [5, 5.41) is 7.26. The highest BCUT2D eigenvalue weighted by molar-refractivity contribution is 7.10. The minimum absolute atomic E-state index is 0.00355. The van der Waals surface area contributed by atoms with Crippen molar-refractivity contribution in [2.45, 2.75) is 25.9 Å². The van der Waals surface area contributed by atoms with Gasteiger partial charge in [0.05, 0.1) is 10.9 Å². The van der Waals surface area contributed by atoms with E-state index in [9.17, 15) is 4.79 Å². The fourth-order valence-electron chi connectivity index (χ4n) is 3.45. The van der Waals surface area contributed by atoms with E-state index in [1.54, 1.807) is 11.3 Å². The minimum Gasteiger partial charge on any atom is -0.454 e. The molecule has 5 nitrogen and oxygen atoms in total. The third-order valence-corrected chi connectivity index (χ3v) is 6.05. The van der Waals surface area contributed by atoms with Crippen molar-refractivity contribution in [2.75, 3.05) is 13.3 Å². The van der Waals surface area contributed by atoms with E-state index in [1.165, 1.54) is 16.0 Å². The second kappa shape index (κ2) is 8.68. The Labute approximate surface area is 174 Å². The number of hydrogen-bond donors (Lipinski definition) is 2. The molecule has 0 radical (unpaired) electrons. The lowest BCUT2D eigenvalue weighted by Gasteiger charge is -2.17. The summed E-state index contributed by atoms with van der Waals surface area (Å²) in [7, 11) is 0. The number of nitrogens with two attached hydrogens (primary N) is 1. The van der Waals surface area contributed by atoms with E-state index in [4.69, 9.17) is 9.47 Å². The molecule has 4 rings (SSSR count). The lowest BCUT2D eigenvalue weighted by atomic mass is 10.0. The van der Waals surface area contributed by atoms with Crippen LogP contribution in [0.4, 0.5) is 0 Å². The topological polar surface area (TPSA) is 64.2 Å². The molecule has 1 aromatic heterocycles. The van der Waals surface area contributed by atoms with Gasteiger partial charge in [0.15, 0.2) is 18.0 Å². The van der Waals surface area contributed by atoms with Crippen LogP contribution in [0.15, 0.2) is 60.0 Å². The van der Waals surface area contributed by atoms with Crippen molar-refractivity contribution >= 4 is 17.2 Å². The van der Waals surface area contributed by atoms with Crippen LogP contribution in [0.3, 0.4) is 0 Å². The molecular formula is C23H25N2O3S+. The average Bonchev–Trinajstić information content (AvgIpc) is 3.40. The van der Waals surface area contributed by atoms with Gasteiger partial charge in [-0.15, -0.1) is 11.3 Å². The zero-order valence-corrected chi connectivity index (χ0v) is 17.4. The standard InChI is InChI=1S/C23H24N2O3S/c1-15-5-7-17(8-6-15)23(21-4-3-11-29-21)24-13-22(26)25-16(2)18-9-10-19-20(12-18)28-14-27-19/h3-12,16,23-24H,13-14H2,1-2H3,(H,25,26)/p+1/t16-,23+/m0/s1. The molecule has 2 heterocycles. The van der Waals surface area contributed by atoms with Gasteiger partial charge in [-0.1, -0.05) is 42.0 Å². The van der Waals surface area contributed by atoms with Crippen molar-refractivity contribution in [1.29, 1.82) is 0 Å². The maximum absolute atomic E-state index is 12.6. The van der Waals surface area contributed by atoms with Crippen LogP contribution in [0.1, 0.15) is 40.6 Å². The molecule has 0 aliphatic carbocycles. The molecule has 1 aliphatic heterocycles. The van der Waals surface area contributed by atoms with E-state index in [1.807, 2.05) is 25.1 Å². The number of ether oxygens (including phenoxy) is 2. The van der Waals surface area contributed by atoms with E-state index in [0.29, 0.717) is 6.54 Å². The van der Waals surface area contributed by atoms with Gasteiger partial charge < -0.3 is 20.1 Å². The number of hydrogen-bond acceptors (Lipinski definition) is 4. The second-order valence-corrected chi connectivity index (χ2v) is 8.22. The number of rotatable bonds is 7. The first-order chi connectivity index (χ1) is 14.1. The van der Waals surface area contributed by atoms with Crippen LogP contribution >= 0.6 is 11.3 Å². The van der Waals surface area contributed by atoms with Gasteiger partial charge in [-0.25, -0.2) is 0 Å². The van der Waals surface area contributed by atoms with Gasteiger partial charge in [0, 0.05) is 5.56 Å². The molecule has 0 fully saturated rings. The molecular weight excluding hydrogens is 384 g/mol. The molecule has 0 saturated heterocycles. The van der Waals surface area contributed by atoms with Crippen molar-refractivity contribution in [3.8, 4) is 11.5 Å². The van der Waals surface area contributed by atoms with Gasteiger partial charge in [0.2, 0.25) is 6.79 Å². The molecule has 0 bridgehead atoms. The zero-order chi connectivity index (χ0) is 20.2. The van der Waals surface area contributed by atoms with Crippen molar-refractivity contribution in [2.24, 2.45) is 0 Å². The maximum Gasteiger partial charge on any atom is 0.275 e. The van der Waals surface area contributed by atoms with Gasteiger partial charge in [0.25, 0.3) is 5.91 Å². The van der Waals surface area contributed by atoms with Crippen LogP contribution in [0, 0.1) is 6.92 Å². The summed E-state index contributed by atoms with van der Waals surface area (Å²) in [6.45, 7) is 4.66. The van der Waals surface area contributed by atoms with Crippen molar-refractivity contribution in [3.63, 3.8) is 0 Å². The number of carbonyl (C=O) groups is 1. The number of carbonyl (C=O) groups excluding carboxylic acids is 1. The maximum atomic E-state index is 12.6. The first-order valence-electron chi connectivity index (χ1n) is 9.72. The lowest BCUT2D eigenvalue weighted by molar-refractivity contribution is -0.676. The second-order valence-electron chi connectivity index (χ2n) is 7.25. The predicted molar refractivity (Wildman–Crippen MR) is 113 cm³/mol. The Hall–Kier alpha value is -2.83. The monoisotopic (exact) mass is 409 g/mol. The van der Waals surface area contributed by atoms with Gasteiger partial charge in [-0.05, 0) is 43.0 Å². The average molecular weight is 410 g/mol. The molecule has 1 aliphatic rings. The molecule has 0 saturated carbocycles. The van der Waals surface area contributed by atoms with Crippen LogP contribution < -0.4 is 20.1 Å². The fourth-order valence-corrected chi connectivity index (χ4v) is 4.30. The van der Waals surface area contributed by atoms with Crippen LogP contribution in [-0.4, -0.2) is 19.2 Å². The Kier molecular flexibility index (Phi) is 5.83. The summed E-state index contributed by atoms with van der Waals surface area (Å²) in [6, 6.07) is 18.5. The molecule has 6 heteroatoms. The van der Waals surface area contributed by atoms with Crippen LogP contribution in [0.5, 0.6) is 11.5 Å². The van der Waals surface area contributed by atoms with Gasteiger partial charge in [0.1, 0.15) is 6.04 Å². The molecule has 3 N–H and O–H groups in total. The van der Waals surface area contributed by atoms with Crippen molar-refractivity contribution < 1.29 is 19.6 Å². The van der Waals surface area contributed by atoms with Crippen molar-refractivity contribution in [1.82, 2.24) is 5.32 Å². The molecule has 0 spiro atoms. The molecule has 2 atom stereocenters. The SMILES string of the molecule is Cc1ccc([C@@H]([NH2+]CC(=O)N[C@@H](C)c2ccc3c(c2)OCO3)c2cccs2)cc1. The predicted octanol–water partition coefficient (Wildman–Crippen LogP) is 3.32. The number of nitrogens with one attached hydrogen (secondary N) is 1. The largest absolute Gasteiger partial charge is 0.454 e. The quantitative estimate of drug-likeness (QED) is 0.629. The van der Waals surface area contributed by atoms with Gasteiger partial charge in [-0.3, -0.25) is 4.79 Å². The van der Waals surface area contributed by atoms with Crippen LogP contribution in [0.25, 0.3) is 0 Å². The minimum atomic E-state index is -0.107. The third-order valence-electron chi connectivity index (χ3n) is 5.10. The van der Waals surface area contributed by atoms with Gasteiger partial charge >= 0.3 is 0 Å². The first kappa shape index (κ1) is 19.5. The Morgan fingerprint density at radius 3 is 2.62 bits per heavy atom. The van der Waals surface area contributed by atoms with E-state index in [0.717, 1.165) is 17.1 Å². The first-order valence-corrected chi connectivity index (χ1v) is 10.6. The molecule has 2 aromatic carbocycles. The van der Waals surface area contributed by atoms with Crippen molar-refractivity contribution in [3.05, 3.63) is 81.5 Å². The number of amides is 1.